The van der Waals surface area contributed by atoms with E-state index in [1.807, 2.05) is 6.92 Å². The first-order valence-electron chi connectivity index (χ1n) is 8.68. The molecule has 0 aliphatic heterocycles. The Morgan fingerprint density at radius 3 is 2.18 bits per heavy atom. The van der Waals surface area contributed by atoms with Gasteiger partial charge in [0.1, 0.15) is 0 Å². The van der Waals surface area contributed by atoms with Gasteiger partial charge in [-0.1, -0.05) is 38.8 Å². The van der Waals surface area contributed by atoms with Crippen molar-refractivity contribution in [2.45, 2.75) is 73.1 Å². The molecule has 2 atom stereocenters. The molecule has 1 saturated carbocycles. The van der Waals surface area contributed by atoms with Gasteiger partial charge in [-0.3, -0.25) is 9.59 Å². The maximum atomic E-state index is 13.1. The van der Waals surface area contributed by atoms with Gasteiger partial charge in [-0.05, 0) is 49.5 Å². The molecular formula is C20H28O2. The maximum Gasteiger partial charge on any atom is 0.160 e. The first kappa shape index (κ1) is 15.7. The summed E-state index contributed by atoms with van der Waals surface area (Å²) in [6, 6.07) is 0. The monoisotopic (exact) mass is 300 g/mol. The summed E-state index contributed by atoms with van der Waals surface area (Å²) in [5.74, 6) is 1.09. The number of hydrogen-bond acceptors (Lipinski definition) is 2. The molecule has 0 unspecified atom stereocenters. The summed E-state index contributed by atoms with van der Waals surface area (Å²) in [5, 5.41) is 0. The van der Waals surface area contributed by atoms with Crippen LogP contribution in [0, 0.1) is 16.7 Å². The number of hydrogen-bond donors (Lipinski definition) is 0. The predicted molar refractivity (Wildman–Crippen MR) is 88.5 cm³/mol. The molecule has 0 aromatic rings. The summed E-state index contributed by atoms with van der Waals surface area (Å²) >= 11 is 0. The third-order valence-corrected chi connectivity index (χ3v) is 6.47. The van der Waals surface area contributed by atoms with Crippen LogP contribution in [0.5, 0.6) is 0 Å². The number of Topliss-reactive ketones (excluding diaryl/α,β-unsaturated/α-hetero) is 2. The van der Waals surface area contributed by atoms with Gasteiger partial charge in [0.2, 0.25) is 0 Å². The third-order valence-electron chi connectivity index (χ3n) is 6.47. The fourth-order valence-electron chi connectivity index (χ4n) is 5.04. The molecule has 22 heavy (non-hydrogen) atoms. The SMILES string of the molecule is CC1=C2C[C@@]3(C)CCC(C(C)C)=C3C(=O)C[C@]2(C)CCC1=O. The molecule has 3 rings (SSSR count). The van der Waals surface area contributed by atoms with Crippen LogP contribution in [0.4, 0.5) is 0 Å². The van der Waals surface area contributed by atoms with E-state index in [1.165, 1.54) is 11.1 Å². The number of fused-ring (bicyclic) bond motifs is 2. The van der Waals surface area contributed by atoms with Crippen molar-refractivity contribution >= 4 is 11.6 Å². The highest BCUT2D eigenvalue weighted by Crippen LogP contribution is 2.58. The topological polar surface area (TPSA) is 34.1 Å². The van der Waals surface area contributed by atoms with Crippen LogP contribution < -0.4 is 0 Å². The van der Waals surface area contributed by atoms with Crippen LogP contribution in [0.1, 0.15) is 73.1 Å². The van der Waals surface area contributed by atoms with Gasteiger partial charge in [-0.2, -0.15) is 0 Å². The molecule has 120 valence electrons. The summed E-state index contributed by atoms with van der Waals surface area (Å²) in [4.78, 5) is 25.3. The quantitative estimate of drug-likeness (QED) is 0.698. The van der Waals surface area contributed by atoms with Crippen molar-refractivity contribution in [2.24, 2.45) is 16.7 Å². The molecule has 3 aliphatic rings. The Kier molecular flexibility index (Phi) is 3.50. The second-order valence-electron chi connectivity index (χ2n) is 8.48. The second kappa shape index (κ2) is 4.91. The summed E-state index contributed by atoms with van der Waals surface area (Å²) in [6.45, 7) is 10.8. The molecule has 0 bridgehead atoms. The van der Waals surface area contributed by atoms with E-state index in [9.17, 15) is 9.59 Å². The van der Waals surface area contributed by atoms with E-state index in [0.29, 0.717) is 24.5 Å². The molecule has 1 fully saturated rings. The molecule has 3 aliphatic carbocycles. The Bertz CT molecular complexity index is 620. The van der Waals surface area contributed by atoms with Gasteiger partial charge in [0.25, 0.3) is 0 Å². The molecule has 0 amide bonds. The summed E-state index contributed by atoms with van der Waals surface area (Å²) < 4.78 is 0. The maximum absolute atomic E-state index is 13.1. The average molecular weight is 300 g/mol. The zero-order chi connectivity index (χ0) is 16.3. The molecule has 2 heteroatoms. The van der Waals surface area contributed by atoms with Crippen LogP contribution in [-0.2, 0) is 9.59 Å². The van der Waals surface area contributed by atoms with E-state index in [0.717, 1.165) is 36.8 Å². The minimum Gasteiger partial charge on any atom is -0.295 e. The molecule has 0 radical (unpaired) electrons. The number of allylic oxidation sites excluding steroid dienone is 4. The van der Waals surface area contributed by atoms with E-state index >= 15 is 0 Å². The molecule has 0 heterocycles. The summed E-state index contributed by atoms with van der Waals surface area (Å²) in [7, 11) is 0. The molecule has 0 spiro atoms. The van der Waals surface area contributed by atoms with E-state index in [4.69, 9.17) is 0 Å². The van der Waals surface area contributed by atoms with Crippen LogP contribution >= 0.6 is 0 Å². The largest absolute Gasteiger partial charge is 0.295 e. The van der Waals surface area contributed by atoms with E-state index in [1.54, 1.807) is 0 Å². The van der Waals surface area contributed by atoms with Crippen LogP contribution in [0.2, 0.25) is 0 Å². The van der Waals surface area contributed by atoms with Crippen molar-refractivity contribution < 1.29 is 9.59 Å². The van der Waals surface area contributed by atoms with Crippen molar-refractivity contribution in [3.63, 3.8) is 0 Å². The van der Waals surface area contributed by atoms with Crippen molar-refractivity contribution in [1.82, 2.24) is 0 Å². The van der Waals surface area contributed by atoms with Gasteiger partial charge in [-0.25, -0.2) is 0 Å². The first-order chi connectivity index (χ1) is 10.2. The lowest BCUT2D eigenvalue weighted by Crippen LogP contribution is -2.29. The lowest BCUT2D eigenvalue weighted by atomic mass is 9.66. The van der Waals surface area contributed by atoms with Gasteiger partial charge in [-0.15, -0.1) is 0 Å². The molecular weight excluding hydrogens is 272 g/mol. The van der Waals surface area contributed by atoms with Gasteiger partial charge in [0, 0.05) is 23.8 Å². The minimum atomic E-state index is -0.0997. The molecule has 0 saturated heterocycles. The highest BCUT2D eigenvalue weighted by molar-refractivity contribution is 6.01. The summed E-state index contributed by atoms with van der Waals surface area (Å²) in [5.41, 5.74) is 4.56. The highest BCUT2D eigenvalue weighted by Gasteiger charge is 2.50. The smallest absolute Gasteiger partial charge is 0.160 e. The lowest BCUT2D eigenvalue weighted by Gasteiger charge is -2.37. The van der Waals surface area contributed by atoms with E-state index in [2.05, 4.69) is 27.7 Å². The fourth-order valence-corrected chi connectivity index (χ4v) is 5.04. The van der Waals surface area contributed by atoms with E-state index in [-0.39, 0.29) is 16.6 Å². The molecule has 2 nitrogen and oxygen atoms in total. The third kappa shape index (κ3) is 2.14. The van der Waals surface area contributed by atoms with Crippen LogP contribution in [0.15, 0.2) is 22.3 Å². The number of carbonyl (C=O) groups is 2. The average Bonchev–Trinajstić information content (AvgIpc) is 2.74. The Balaban J connectivity index is 2.17. The first-order valence-corrected chi connectivity index (χ1v) is 8.68. The fraction of sp³-hybridized carbons (Fsp3) is 0.700. The Morgan fingerprint density at radius 2 is 1.55 bits per heavy atom. The highest BCUT2D eigenvalue weighted by atomic mass is 16.1. The van der Waals surface area contributed by atoms with Crippen molar-refractivity contribution in [2.75, 3.05) is 0 Å². The standard InChI is InChI=1S/C20H28O2/c1-12(2)14-6-8-20(5)10-15-13(3)16(21)7-9-19(15,4)11-17(22)18(14)20/h12H,6-11H2,1-5H3/t19-,20+/m0/s1. The zero-order valence-corrected chi connectivity index (χ0v) is 14.6. The van der Waals surface area contributed by atoms with Gasteiger partial charge in [0.15, 0.2) is 11.6 Å². The lowest BCUT2D eigenvalue weighted by molar-refractivity contribution is -0.120. The Labute approximate surface area is 134 Å². The van der Waals surface area contributed by atoms with Gasteiger partial charge >= 0.3 is 0 Å². The number of ketones is 2. The Morgan fingerprint density at radius 1 is 0.909 bits per heavy atom. The van der Waals surface area contributed by atoms with E-state index < -0.39 is 0 Å². The molecule has 0 aromatic heterocycles. The molecule has 0 aromatic carbocycles. The van der Waals surface area contributed by atoms with Crippen LogP contribution in [-0.4, -0.2) is 11.6 Å². The Hall–Kier alpha value is -1.18. The zero-order valence-electron chi connectivity index (χ0n) is 14.6. The number of rotatable bonds is 1. The van der Waals surface area contributed by atoms with Crippen LogP contribution in [0.25, 0.3) is 0 Å². The van der Waals surface area contributed by atoms with Crippen LogP contribution in [0.3, 0.4) is 0 Å². The normalized spacial score (nSPS) is 35.9. The number of carbonyl (C=O) groups excluding carboxylic acids is 2. The minimum absolute atomic E-state index is 0.0529. The molecule has 0 N–H and O–H groups in total. The van der Waals surface area contributed by atoms with Crippen molar-refractivity contribution in [1.29, 1.82) is 0 Å². The summed E-state index contributed by atoms with van der Waals surface area (Å²) in [6.07, 6.45) is 5.04. The predicted octanol–water partition coefficient (Wildman–Crippen LogP) is 4.79. The van der Waals surface area contributed by atoms with Gasteiger partial charge < -0.3 is 0 Å². The van der Waals surface area contributed by atoms with Gasteiger partial charge in [0.05, 0.1) is 0 Å². The van der Waals surface area contributed by atoms with Crippen molar-refractivity contribution in [3.8, 4) is 0 Å². The second-order valence-corrected chi connectivity index (χ2v) is 8.48. The van der Waals surface area contributed by atoms with Crippen molar-refractivity contribution in [3.05, 3.63) is 22.3 Å².